The second kappa shape index (κ2) is 8.17. The molecule has 0 aliphatic rings. The van der Waals surface area contributed by atoms with E-state index in [1.165, 1.54) is 5.56 Å². The largest absolute Gasteiger partial charge is 0.462 e. The lowest BCUT2D eigenvalue weighted by molar-refractivity contribution is 0.589. The highest BCUT2D eigenvalue weighted by Crippen LogP contribution is 2.46. The Morgan fingerprint density at radius 1 is 0.719 bits per heavy atom. The molecule has 166 valence electrons. The summed E-state index contributed by atoms with van der Waals surface area (Å²) in [5.74, 6) is 0. The summed E-state index contributed by atoms with van der Waals surface area (Å²) in [6, 6.07) is 20.7. The van der Waals surface area contributed by atoms with Crippen molar-refractivity contribution < 1.29 is 4.42 Å². The second-order valence-corrected chi connectivity index (χ2v) is 11.1. The van der Waals surface area contributed by atoms with Crippen molar-refractivity contribution in [1.82, 2.24) is 0 Å². The molecule has 4 aromatic rings. The molecule has 0 fully saturated rings. The highest BCUT2D eigenvalue weighted by atomic mass is 35.5. The van der Waals surface area contributed by atoms with Crippen molar-refractivity contribution in [3.8, 4) is 0 Å². The molecule has 0 N–H and O–H groups in total. The molecule has 0 spiro atoms. The van der Waals surface area contributed by atoms with E-state index in [0.29, 0.717) is 10.0 Å². The maximum Gasteiger partial charge on any atom is 0.136 e. The molecular formula is C28H29Cl2NO. The molecule has 32 heavy (non-hydrogen) atoms. The Kier molecular flexibility index (Phi) is 5.81. The Morgan fingerprint density at radius 2 is 1.38 bits per heavy atom. The maximum atomic E-state index is 6.83. The number of anilines is 3. The van der Waals surface area contributed by atoms with Gasteiger partial charge in [0.1, 0.15) is 11.8 Å². The van der Waals surface area contributed by atoms with Crippen LogP contribution in [0.1, 0.15) is 52.7 Å². The summed E-state index contributed by atoms with van der Waals surface area (Å²) in [5.41, 5.74) is 5.89. The summed E-state index contributed by atoms with van der Waals surface area (Å²) in [6.07, 6.45) is 1.80. The number of hydrogen-bond donors (Lipinski definition) is 0. The Morgan fingerprint density at radius 3 is 2.00 bits per heavy atom. The van der Waals surface area contributed by atoms with Gasteiger partial charge in [-0.15, -0.1) is 0 Å². The highest BCUT2D eigenvalue weighted by Gasteiger charge is 2.25. The van der Waals surface area contributed by atoms with Crippen molar-refractivity contribution in [3.05, 3.63) is 88.1 Å². The van der Waals surface area contributed by atoms with Crippen LogP contribution < -0.4 is 4.90 Å². The highest BCUT2D eigenvalue weighted by molar-refractivity contribution is 6.44. The summed E-state index contributed by atoms with van der Waals surface area (Å²) in [7, 11) is 0. The number of halogens is 2. The van der Waals surface area contributed by atoms with Crippen molar-refractivity contribution in [2.45, 2.75) is 52.4 Å². The van der Waals surface area contributed by atoms with Crippen LogP contribution in [-0.4, -0.2) is 0 Å². The zero-order chi connectivity index (χ0) is 23.3. The summed E-state index contributed by atoms with van der Waals surface area (Å²) in [5, 5.41) is 2.10. The molecule has 4 heteroatoms. The van der Waals surface area contributed by atoms with Gasteiger partial charge in [-0.1, -0.05) is 89.0 Å². The molecule has 0 radical (unpaired) electrons. The van der Waals surface area contributed by atoms with E-state index in [4.69, 9.17) is 27.6 Å². The molecule has 4 rings (SSSR count). The molecule has 0 atom stereocenters. The summed E-state index contributed by atoms with van der Waals surface area (Å²) >= 11 is 13.5. The smallest absolute Gasteiger partial charge is 0.136 e. The summed E-state index contributed by atoms with van der Waals surface area (Å²) in [4.78, 5) is 2.14. The van der Waals surface area contributed by atoms with Crippen LogP contribution in [0.15, 0.2) is 71.3 Å². The predicted molar refractivity (Wildman–Crippen MR) is 138 cm³/mol. The van der Waals surface area contributed by atoms with Crippen LogP contribution in [0.2, 0.25) is 10.0 Å². The molecule has 1 aromatic heterocycles. The van der Waals surface area contributed by atoms with E-state index in [0.717, 1.165) is 33.6 Å². The van der Waals surface area contributed by atoms with E-state index in [9.17, 15) is 0 Å². The van der Waals surface area contributed by atoms with Gasteiger partial charge in [-0.05, 0) is 58.4 Å². The van der Waals surface area contributed by atoms with Crippen LogP contribution in [0.4, 0.5) is 17.1 Å². The third-order valence-electron chi connectivity index (χ3n) is 5.79. The first kappa shape index (κ1) is 22.8. The minimum Gasteiger partial charge on any atom is -0.462 e. The summed E-state index contributed by atoms with van der Waals surface area (Å²) < 4.78 is 5.99. The fraction of sp³-hybridized carbons (Fsp3) is 0.286. The van der Waals surface area contributed by atoms with Gasteiger partial charge >= 0.3 is 0 Å². The first-order valence-corrected chi connectivity index (χ1v) is 11.6. The minimum atomic E-state index is -0.0802. The number of hydrogen-bond acceptors (Lipinski definition) is 2. The van der Waals surface area contributed by atoms with Gasteiger partial charge in [0, 0.05) is 11.1 Å². The van der Waals surface area contributed by atoms with Crippen LogP contribution >= 0.6 is 23.2 Å². The first-order valence-electron chi connectivity index (χ1n) is 10.8. The SMILES string of the molecule is CC(C)(C)c1cc(Cl)c(Cl)c(N(c2ccccc2)c2coc3ccc(C(C)(C)C)cc23)c1. The van der Waals surface area contributed by atoms with Crippen molar-refractivity contribution >= 4 is 51.2 Å². The quantitative estimate of drug-likeness (QED) is 0.299. The van der Waals surface area contributed by atoms with Gasteiger partial charge in [-0.3, -0.25) is 0 Å². The third kappa shape index (κ3) is 4.27. The molecule has 0 unspecified atom stereocenters. The maximum absolute atomic E-state index is 6.83. The molecule has 0 bridgehead atoms. The lowest BCUT2D eigenvalue weighted by Crippen LogP contribution is -2.15. The van der Waals surface area contributed by atoms with E-state index >= 15 is 0 Å². The molecule has 2 nitrogen and oxygen atoms in total. The molecule has 3 aromatic carbocycles. The summed E-state index contributed by atoms with van der Waals surface area (Å²) in [6.45, 7) is 13.2. The lowest BCUT2D eigenvalue weighted by Gasteiger charge is -2.29. The van der Waals surface area contributed by atoms with Gasteiger partial charge in [-0.25, -0.2) is 0 Å². The van der Waals surface area contributed by atoms with Crippen molar-refractivity contribution in [2.75, 3.05) is 4.90 Å². The van der Waals surface area contributed by atoms with Gasteiger partial charge in [-0.2, -0.15) is 0 Å². The Bertz CT molecular complexity index is 1260. The Labute approximate surface area is 200 Å². The number of nitrogens with zero attached hydrogens (tertiary/aromatic N) is 1. The minimum absolute atomic E-state index is 0.0212. The standard InChI is InChI=1S/C28H29Cl2NO/c1-27(2,3)18-12-13-25-21(14-18)24(17-32-25)31(20-10-8-7-9-11-20)23-16-19(28(4,5)6)15-22(29)26(23)30/h7-17H,1-6H3. The number of rotatable bonds is 3. The number of furan rings is 1. The topological polar surface area (TPSA) is 16.4 Å². The lowest BCUT2D eigenvalue weighted by atomic mass is 9.86. The Hall–Kier alpha value is -2.42. The third-order valence-corrected chi connectivity index (χ3v) is 6.58. The van der Waals surface area contributed by atoms with Crippen LogP contribution in [0, 0.1) is 0 Å². The molecule has 0 saturated heterocycles. The van der Waals surface area contributed by atoms with Gasteiger partial charge < -0.3 is 9.32 Å². The average Bonchev–Trinajstić information content (AvgIpc) is 3.13. The molecule has 0 saturated carbocycles. The zero-order valence-electron chi connectivity index (χ0n) is 19.5. The fourth-order valence-electron chi connectivity index (χ4n) is 3.81. The van der Waals surface area contributed by atoms with Crippen molar-refractivity contribution in [3.63, 3.8) is 0 Å². The Balaban J connectivity index is 2.03. The van der Waals surface area contributed by atoms with Crippen molar-refractivity contribution in [1.29, 1.82) is 0 Å². The average molecular weight is 466 g/mol. The number of fused-ring (bicyclic) bond motifs is 1. The van der Waals surface area contributed by atoms with E-state index in [2.05, 4.69) is 76.8 Å². The van der Waals surface area contributed by atoms with E-state index in [1.54, 1.807) is 6.26 Å². The number of para-hydroxylation sites is 1. The second-order valence-electron chi connectivity index (χ2n) is 10.3. The van der Waals surface area contributed by atoms with Crippen LogP contribution in [0.5, 0.6) is 0 Å². The van der Waals surface area contributed by atoms with Crippen molar-refractivity contribution in [2.24, 2.45) is 0 Å². The van der Waals surface area contributed by atoms with Gasteiger partial charge in [0.25, 0.3) is 0 Å². The molecular weight excluding hydrogens is 437 g/mol. The van der Waals surface area contributed by atoms with E-state index in [1.807, 2.05) is 30.3 Å². The van der Waals surface area contributed by atoms with E-state index in [-0.39, 0.29) is 10.8 Å². The van der Waals surface area contributed by atoms with Crippen LogP contribution in [-0.2, 0) is 10.8 Å². The number of benzene rings is 3. The van der Waals surface area contributed by atoms with Gasteiger partial charge in [0.2, 0.25) is 0 Å². The van der Waals surface area contributed by atoms with Gasteiger partial charge in [0.15, 0.2) is 0 Å². The van der Waals surface area contributed by atoms with Gasteiger partial charge in [0.05, 0.1) is 21.4 Å². The first-order chi connectivity index (χ1) is 15.0. The normalized spacial score (nSPS) is 12.4. The van der Waals surface area contributed by atoms with E-state index < -0.39 is 0 Å². The monoisotopic (exact) mass is 465 g/mol. The molecule has 1 heterocycles. The zero-order valence-corrected chi connectivity index (χ0v) is 21.0. The van der Waals surface area contributed by atoms with Crippen LogP contribution in [0.3, 0.4) is 0 Å². The molecule has 0 aliphatic heterocycles. The molecule has 0 aliphatic carbocycles. The molecule has 0 amide bonds. The predicted octanol–water partition coefficient (Wildman–Crippen LogP) is 9.80. The van der Waals surface area contributed by atoms with Crippen LogP contribution in [0.25, 0.3) is 11.0 Å². The fourth-order valence-corrected chi connectivity index (χ4v) is 4.22.